The molecule has 1 amide bonds. The Balaban J connectivity index is 2.62. The summed E-state index contributed by atoms with van der Waals surface area (Å²) in [5.74, 6) is 0.0117. The van der Waals surface area contributed by atoms with E-state index in [-0.39, 0.29) is 42.5 Å². The first-order chi connectivity index (χ1) is 17.4. The van der Waals surface area contributed by atoms with Crippen molar-refractivity contribution in [2.24, 2.45) is 17.0 Å². The summed E-state index contributed by atoms with van der Waals surface area (Å²) >= 11 is 0. The molecule has 1 aromatic heterocycles. The highest BCUT2D eigenvalue weighted by atomic mass is 16.6. The molecule has 204 valence electrons. The molecule has 10 nitrogen and oxygen atoms in total. The number of methoxy groups -OCH3 is 1. The molecular weight excluding hydrogens is 476 g/mol. The number of benzene rings is 1. The van der Waals surface area contributed by atoms with Crippen LogP contribution in [-0.4, -0.2) is 45.1 Å². The van der Waals surface area contributed by atoms with Crippen LogP contribution in [0, 0.1) is 11.8 Å². The van der Waals surface area contributed by atoms with E-state index in [0.29, 0.717) is 17.0 Å². The van der Waals surface area contributed by atoms with Crippen molar-refractivity contribution < 1.29 is 19.5 Å². The quantitative estimate of drug-likeness (QED) is 0.330. The van der Waals surface area contributed by atoms with Crippen molar-refractivity contribution in [3.63, 3.8) is 0 Å². The summed E-state index contributed by atoms with van der Waals surface area (Å²) in [6.45, 7) is 12.4. The molecule has 2 rings (SSSR count). The molecule has 0 saturated heterocycles. The van der Waals surface area contributed by atoms with Crippen LogP contribution < -0.4 is 21.3 Å². The van der Waals surface area contributed by atoms with Crippen LogP contribution in [0.4, 0.5) is 0 Å². The number of rotatable bonds is 12. The normalized spacial score (nSPS) is 13.7. The lowest BCUT2D eigenvalue weighted by Gasteiger charge is -2.25. The highest BCUT2D eigenvalue weighted by Crippen LogP contribution is 2.25. The maximum Gasteiger partial charge on any atom is 0.331 e. The number of aliphatic hydroxyl groups excluding tert-OH is 1. The molecule has 0 radical (unpaired) electrons. The van der Waals surface area contributed by atoms with E-state index in [4.69, 9.17) is 9.57 Å². The van der Waals surface area contributed by atoms with E-state index in [2.05, 4.69) is 10.5 Å². The first-order valence-corrected chi connectivity index (χ1v) is 12.5. The Morgan fingerprint density at radius 2 is 1.73 bits per heavy atom. The summed E-state index contributed by atoms with van der Waals surface area (Å²) < 4.78 is 7.72. The lowest BCUT2D eigenvalue weighted by Crippen LogP contribution is -2.50. The number of nitrogens with zero attached hydrogens (tertiary/aromatic N) is 3. The van der Waals surface area contributed by atoms with Crippen molar-refractivity contribution in [1.82, 2.24) is 14.5 Å². The maximum atomic E-state index is 13.5. The van der Waals surface area contributed by atoms with E-state index in [1.165, 1.54) is 17.9 Å². The Hall–Kier alpha value is -3.40. The van der Waals surface area contributed by atoms with Crippen LogP contribution >= 0.6 is 0 Å². The molecule has 2 N–H and O–H groups in total. The number of nitrogens with one attached hydrogen (secondary N) is 1. The number of ether oxygens (including phenoxy) is 1. The van der Waals surface area contributed by atoms with E-state index in [0.717, 1.165) is 4.57 Å². The van der Waals surface area contributed by atoms with Gasteiger partial charge in [-0.15, -0.1) is 0 Å². The first kappa shape index (κ1) is 29.8. The number of carbonyl (C=O) groups is 1. The molecule has 1 unspecified atom stereocenters. The number of hydrogen-bond acceptors (Lipinski definition) is 7. The average molecular weight is 517 g/mol. The minimum Gasteiger partial charge on any atom is -0.496 e. The molecular formula is C27H40N4O6. The van der Waals surface area contributed by atoms with Crippen molar-refractivity contribution in [1.29, 1.82) is 0 Å². The lowest BCUT2D eigenvalue weighted by molar-refractivity contribution is -0.125. The predicted molar refractivity (Wildman–Crippen MR) is 143 cm³/mol. The van der Waals surface area contributed by atoms with Gasteiger partial charge in [-0.25, -0.2) is 4.79 Å². The van der Waals surface area contributed by atoms with Crippen molar-refractivity contribution >= 4 is 11.6 Å². The predicted octanol–water partition coefficient (Wildman–Crippen LogP) is 2.70. The molecule has 0 aliphatic heterocycles. The fraction of sp³-hybridized carbons (Fsp3) is 0.556. The summed E-state index contributed by atoms with van der Waals surface area (Å²) in [6, 6.07) is 6.52. The zero-order valence-corrected chi connectivity index (χ0v) is 23.0. The van der Waals surface area contributed by atoms with Crippen LogP contribution in [-0.2, 0) is 22.7 Å². The van der Waals surface area contributed by atoms with Gasteiger partial charge in [0.1, 0.15) is 18.0 Å². The van der Waals surface area contributed by atoms with E-state index in [9.17, 15) is 19.5 Å². The van der Waals surface area contributed by atoms with Crippen LogP contribution in [0.15, 0.2) is 45.2 Å². The molecule has 1 heterocycles. The smallest absolute Gasteiger partial charge is 0.331 e. The third-order valence-corrected chi connectivity index (χ3v) is 5.93. The van der Waals surface area contributed by atoms with Gasteiger partial charge in [-0.2, -0.15) is 0 Å². The average Bonchev–Trinajstić information content (AvgIpc) is 2.85. The largest absolute Gasteiger partial charge is 0.496 e. The van der Waals surface area contributed by atoms with Gasteiger partial charge < -0.3 is 20.0 Å². The lowest BCUT2D eigenvalue weighted by atomic mass is 10.0. The molecule has 0 fully saturated rings. The fourth-order valence-electron chi connectivity index (χ4n) is 3.62. The molecule has 2 aromatic rings. The Kier molecular flexibility index (Phi) is 10.7. The van der Waals surface area contributed by atoms with Crippen molar-refractivity contribution in [2.75, 3.05) is 7.11 Å². The van der Waals surface area contributed by atoms with E-state index < -0.39 is 23.4 Å². The molecule has 10 heteroatoms. The second kappa shape index (κ2) is 13.2. The van der Waals surface area contributed by atoms with Crippen LogP contribution in [0.1, 0.15) is 65.7 Å². The second-order valence-corrected chi connectivity index (χ2v) is 10.00. The van der Waals surface area contributed by atoms with E-state index >= 15 is 0 Å². The Labute approximate surface area is 217 Å². The summed E-state index contributed by atoms with van der Waals surface area (Å²) in [7, 11) is 1.50. The van der Waals surface area contributed by atoms with Gasteiger partial charge in [-0.1, -0.05) is 51.0 Å². The third-order valence-electron chi connectivity index (χ3n) is 5.93. The molecule has 0 aliphatic rings. The number of amides is 1. The van der Waals surface area contributed by atoms with Gasteiger partial charge in [0.05, 0.1) is 31.5 Å². The number of para-hydroxylation sites is 1. The highest BCUT2D eigenvalue weighted by Gasteiger charge is 2.24. The summed E-state index contributed by atoms with van der Waals surface area (Å²) in [6.07, 6.45) is 0.102. The minimum atomic E-state index is -1.08. The van der Waals surface area contributed by atoms with E-state index in [1.54, 1.807) is 45.0 Å². The van der Waals surface area contributed by atoms with Crippen molar-refractivity contribution in [3.8, 4) is 5.75 Å². The Morgan fingerprint density at radius 3 is 2.30 bits per heavy atom. The number of aliphatic hydroxyl groups is 1. The minimum absolute atomic E-state index is 0.0370. The molecule has 2 atom stereocenters. The summed E-state index contributed by atoms with van der Waals surface area (Å²) in [5.41, 5.74) is -0.199. The fourth-order valence-corrected chi connectivity index (χ4v) is 3.62. The number of carbonyl (C=O) groups excluding carboxylic acids is 1. The SMILES string of the molecule is COc1ccccc1C(O)Cn1cc(/C(C)=N/OC(C)C)c(=O)n(C[C@@H](NC(=O)C(C)C)C(C)C)c1=O. The molecule has 37 heavy (non-hydrogen) atoms. The Morgan fingerprint density at radius 1 is 1.08 bits per heavy atom. The molecule has 0 spiro atoms. The maximum absolute atomic E-state index is 13.5. The standard InChI is InChI=1S/C27H40N4O6/c1-16(2)22(28-25(33)17(3)4)14-31-26(34)21(19(7)29-37-18(5)6)13-30(27(31)35)15-23(32)20-11-9-10-12-24(20)36-8/h9-13,16-18,22-23,32H,14-15H2,1-8H3,(H,28,33)/b29-19+/t22-,23?/m1/s1. The summed E-state index contributed by atoms with van der Waals surface area (Å²) in [4.78, 5) is 44.8. The van der Waals surface area contributed by atoms with E-state index in [1.807, 2.05) is 27.7 Å². The molecule has 1 aromatic carbocycles. The van der Waals surface area contributed by atoms with Gasteiger partial charge in [0.15, 0.2) is 0 Å². The molecule has 0 saturated carbocycles. The first-order valence-electron chi connectivity index (χ1n) is 12.5. The van der Waals surface area contributed by atoms with Gasteiger partial charge in [-0.3, -0.25) is 18.7 Å². The number of aromatic nitrogens is 2. The zero-order valence-electron chi connectivity index (χ0n) is 23.0. The van der Waals surface area contributed by atoms with Gasteiger partial charge in [0.25, 0.3) is 5.56 Å². The van der Waals surface area contributed by atoms with Gasteiger partial charge in [-0.05, 0) is 32.8 Å². The van der Waals surface area contributed by atoms with Crippen molar-refractivity contribution in [2.45, 2.75) is 79.8 Å². The van der Waals surface area contributed by atoms with Gasteiger partial charge >= 0.3 is 5.69 Å². The highest BCUT2D eigenvalue weighted by molar-refractivity contribution is 5.97. The summed E-state index contributed by atoms with van der Waals surface area (Å²) in [5, 5.41) is 18.0. The molecule has 0 aliphatic carbocycles. The molecule has 0 bridgehead atoms. The van der Waals surface area contributed by atoms with Crippen LogP contribution in [0.25, 0.3) is 0 Å². The second-order valence-electron chi connectivity index (χ2n) is 10.00. The Bertz CT molecular complexity index is 1210. The monoisotopic (exact) mass is 516 g/mol. The number of hydrogen-bond donors (Lipinski definition) is 2. The van der Waals surface area contributed by atoms with Crippen LogP contribution in [0.2, 0.25) is 0 Å². The van der Waals surface area contributed by atoms with Crippen LogP contribution in [0.5, 0.6) is 5.75 Å². The third kappa shape index (κ3) is 7.79. The van der Waals surface area contributed by atoms with Crippen LogP contribution in [0.3, 0.4) is 0 Å². The van der Waals surface area contributed by atoms with Gasteiger partial charge in [0, 0.05) is 23.7 Å². The topological polar surface area (TPSA) is 124 Å². The number of oxime groups is 1. The van der Waals surface area contributed by atoms with Crippen molar-refractivity contribution in [3.05, 3.63) is 62.4 Å². The van der Waals surface area contributed by atoms with Gasteiger partial charge in [0.2, 0.25) is 5.91 Å². The zero-order chi connectivity index (χ0) is 27.9.